The van der Waals surface area contributed by atoms with E-state index in [-0.39, 0.29) is 24.5 Å². The molecule has 32 heavy (non-hydrogen) atoms. The first-order valence-electron chi connectivity index (χ1n) is 10.4. The van der Waals surface area contributed by atoms with Crippen molar-refractivity contribution in [3.05, 3.63) is 101 Å². The minimum absolute atomic E-state index is 0.0543. The third kappa shape index (κ3) is 6.53. The molecule has 1 N–H and O–H groups in total. The van der Waals surface area contributed by atoms with Gasteiger partial charge in [-0.25, -0.2) is 0 Å². The smallest absolute Gasteiger partial charge is 0.307 e. The van der Waals surface area contributed by atoms with Crippen molar-refractivity contribution in [1.82, 2.24) is 0 Å². The summed E-state index contributed by atoms with van der Waals surface area (Å²) < 4.78 is 5.51. The van der Waals surface area contributed by atoms with Crippen molar-refractivity contribution in [2.75, 3.05) is 5.32 Å². The van der Waals surface area contributed by atoms with Gasteiger partial charge in [0.05, 0.1) is 6.42 Å². The molecular formula is C26H24ClNO4. The number of benzene rings is 3. The van der Waals surface area contributed by atoms with Gasteiger partial charge in [-0.3, -0.25) is 14.4 Å². The largest absolute Gasteiger partial charge is 0.449 e. The van der Waals surface area contributed by atoms with Crippen LogP contribution in [0, 0.1) is 0 Å². The van der Waals surface area contributed by atoms with Crippen LogP contribution < -0.4 is 5.32 Å². The topological polar surface area (TPSA) is 72.5 Å². The number of nitrogens with one attached hydrogen (secondary N) is 1. The molecule has 1 atom stereocenters. The number of amides is 1. The standard InChI is InChI=1S/C26H24ClNO4/c1-2-18-8-14-22(15-9-18)28-23(29)16-17-24(30)32-26(20-10-12-21(27)13-11-20)25(31)19-6-4-3-5-7-19/h3-15,26H,2,16-17H2,1H3,(H,28,29)/t26-/m0/s1. The van der Waals surface area contributed by atoms with Crippen LogP contribution in [-0.2, 0) is 20.7 Å². The predicted octanol–water partition coefficient (Wildman–Crippen LogP) is 5.79. The third-order valence-corrected chi connectivity index (χ3v) is 5.17. The first kappa shape index (κ1) is 23.2. The number of Topliss-reactive ketones (excluding diaryl/α,β-unsaturated/α-hetero) is 1. The van der Waals surface area contributed by atoms with Gasteiger partial charge in [0.15, 0.2) is 6.10 Å². The zero-order valence-corrected chi connectivity index (χ0v) is 18.5. The van der Waals surface area contributed by atoms with E-state index in [0.29, 0.717) is 21.8 Å². The number of hydrogen-bond donors (Lipinski definition) is 1. The number of esters is 1. The quantitative estimate of drug-likeness (QED) is 0.331. The fourth-order valence-electron chi connectivity index (χ4n) is 3.12. The number of carbonyl (C=O) groups excluding carboxylic acids is 3. The van der Waals surface area contributed by atoms with Gasteiger partial charge < -0.3 is 10.1 Å². The molecule has 0 aliphatic rings. The van der Waals surface area contributed by atoms with Gasteiger partial charge in [0.1, 0.15) is 0 Å². The Kier molecular flexibility index (Phi) is 8.17. The van der Waals surface area contributed by atoms with Crippen LogP contribution in [0.15, 0.2) is 78.9 Å². The molecule has 6 heteroatoms. The number of ether oxygens (including phenoxy) is 1. The molecule has 0 aliphatic carbocycles. The number of ketones is 1. The van der Waals surface area contributed by atoms with Gasteiger partial charge in [0.2, 0.25) is 11.7 Å². The molecule has 164 valence electrons. The predicted molar refractivity (Wildman–Crippen MR) is 125 cm³/mol. The first-order valence-corrected chi connectivity index (χ1v) is 10.8. The summed E-state index contributed by atoms with van der Waals surface area (Å²) in [7, 11) is 0. The molecule has 0 bridgehead atoms. The molecule has 0 unspecified atom stereocenters. The van der Waals surface area contributed by atoms with Gasteiger partial charge in [-0.15, -0.1) is 0 Å². The highest BCUT2D eigenvalue weighted by Crippen LogP contribution is 2.25. The van der Waals surface area contributed by atoms with Gasteiger partial charge in [-0.1, -0.05) is 73.1 Å². The zero-order valence-electron chi connectivity index (χ0n) is 17.7. The molecule has 0 heterocycles. The summed E-state index contributed by atoms with van der Waals surface area (Å²) in [6.07, 6.45) is -0.408. The Morgan fingerprint density at radius 3 is 2.16 bits per heavy atom. The molecule has 3 aromatic rings. The lowest BCUT2D eigenvalue weighted by Gasteiger charge is -2.17. The number of rotatable bonds is 9. The molecule has 1 amide bonds. The Bertz CT molecular complexity index is 1060. The van der Waals surface area contributed by atoms with Crippen LogP contribution in [0.5, 0.6) is 0 Å². The average Bonchev–Trinajstić information content (AvgIpc) is 2.82. The highest BCUT2D eigenvalue weighted by atomic mass is 35.5. The van der Waals surface area contributed by atoms with Crippen LogP contribution in [0.3, 0.4) is 0 Å². The first-order chi connectivity index (χ1) is 15.5. The van der Waals surface area contributed by atoms with E-state index in [4.69, 9.17) is 16.3 Å². The van der Waals surface area contributed by atoms with E-state index < -0.39 is 12.1 Å². The summed E-state index contributed by atoms with van der Waals surface area (Å²) in [5.41, 5.74) is 2.77. The van der Waals surface area contributed by atoms with Crippen molar-refractivity contribution in [3.8, 4) is 0 Å². The van der Waals surface area contributed by atoms with E-state index in [9.17, 15) is 14.4 Å². The molecule has 5 nitrogen and oxygen atoms in total. The highest BCUT2D eigenvalue weighted by Gasteiger charge is 2.26. The van der Waals surface area contributed by atoms with Crippen LogP contribution in [0.25, 0.3) is 0 Å². The van der Waals surface area contributed by atoms with Crippen molar-refractivity contribution >= 4 is 34.9 Å². The molecule has 0 aliphatic heterocycles. The number of anilines is 1. The Balaban J connectivity index is 1.63. The fourth-order valence-corrected chi connectivity index (χ4v) is 3.24. The van der Waals surface area contributed by atoms with Crippen LogP contribution in [0.2, 0.25) is 5.02 Å². The lowest BCUT2D eigenvalue weighted by Crippen LogP contribution is -2.21. The van der Waals surface area contributed by atoms with Gasteiger partial charge in [0, 0.05) is 28.3 Å². The molecule has 0 fully saturated rings. The minimum atomic E-state index is -1.12. The molecule has 0 spiro atoms. The maximum atomic E-state index is 13.0. The maximum absolute atomic E-state index is 13.0. The van der Waals surface area contributed by atoms with Crippen molar-refractivity contribution in [2.45, 2.75) is 32.3 Å². The van der Waals surface area contributed by atoms with E-state index in [1.807, 2.05) is 24.3 Å². The van der Waals surface area contributed by atoms with Gasteiger partial charge in [-0.05, 0) is 36.2 Å². The maximum Gasteiger partial charge on any atom is 0.307 e. The van der Waals surface area contributed by atoms with E-state index in [0.717, 1.165) is 6.42 Å². The summed E-state index contributed by atoms with van der Waals surface area (Å²) in [5.74, 6) is -1.28. The third-order valence-electron chi connectivity index (χ3n) is 4.92. The monoisotopic (exact) mass is 449 g/mol. The summed E-state index contributed by atoms with van der Waals surface area (Å²) in [6.45, 7) is 2.05. The molecule has 0 saturated carbocycles. The fraction of sp³-hybridized carbons (Fsp3) is 0.192. The Labute approximate surface area is 192 Å². The molecule has 0 saturated heterocycles. The van der Waals surface area contributed by atoms with E-state index in [1.165, 1.54) is 5.56 Å². The summed E-state index contributed by atoms with van der Waals surface area (Å²) in [4.78, 5) is 37.7. The highest BCUT2D eigenvalue weighted by molar-refractivity contribution is 6.30. The van der Waals surface area contributed by atoms with Crippen molar-refractivity contribution in [1.29, 1.82) is 0 Å². The van der Waals surface area contributed by atoms with Gasteiger partial charge in [-0.2, -0.15) is 0 Å². The van der Waals surface area contributed by atoms with Crippen LogP contribution in [-0.4, -0.2) is 17.7 Å². The number of hydrogen-bond acceptors (Lipinski definition) is 4. The summed E-state index contributed by atoms with van der Waals surface area (Å²) in [5, 5.41) is 3.27. The van der Waals surface area contributed by atoms with Crippen LogP contribution in [0.1, 0.15) is 47.4 Å². The second-order valence-corrected chi connectivity index (χ2v) is 7.69. The lowest BCUT2D eigenvalue weighted by molar-refractivity contribution is -0.148. The average molecular weight is 450 g/mol. The normalized spacial score (nSPS) is 11.4. The second-order valence-electron chi connectivity index (χ2n) is 7.25. The zero-order chi connectivity index (χ0) is 22.9. The molecule has 3 rings (SSSR count). The van der Waals surface area contributed by atoms with Gasteiger partial charge >= 0.3 is 5.97 Å². The molecular weight excluding hydrogens is 426 g/mol. The molecule has 3 aromatic carbocycles. The second kappa shape index (κ2) is 11.3. The van der Waals surface area contributed by atoms with E-state index >= 15 is 0 Å². The molecule has 0 radical (unpaired) electrons. The van der Waals surface area contributed by atoms with Crippen LogP contribution >= 0.6 is 11.6 Å². The SMILES string of the molecule is CCc1ccc(NC(=O)CCC(=O)O[C@H](C(=O)c2ccccc2)c2ccc(Cl)cc2)cc1. The number of halogens is 1. The van der Waals surface area contributed by atoms with Crippen LogP contribution in [0.4, 0.5) is 5.69 Å². The Morgan fingerprint density at radius 2 is 1.53 bits per heavy atom. The number of carbonyl (C=O) groups is 3. The minimum Gasteiger partial charge on any atom is -0.449 e. The number of aryl methyl sites for hydroxylation is 1. The van der Waals surface area contributed by atoms with Crippen molar-refractivity contribution in [3.63, 3.8) is 0 Å². The summed E-state index contributed by atoms with van der Waals surface area (Å²) >= 11 is 5.95. The van der Waals surface area contributed by atoms with E-state index in [1.54, 1.807) is 54.6 Å². The Morgan fingerprint density at radius 1 is 0.875 bits per heavy atom. The molecule has 0 aromatic heterocycles. The Hall–Kier alpha value is -3.44. The van der Waals surface area contributed by atoms with Crippen molar-refractivity contribution < 1.29 is 19.1 Å². The van der Waals surface area contributed by atoms with E-state index in [2.05, 4.69) is 12.2 Å². The van der Waals surface area contributed by atoms with Crippen molar-refractivity contribution in [2.24, 2.45) is 0 Å². The summed E-state index contributed by atoms with van der Waals surface area (Å²) in [6, 6.07) is 22.7. The lowest BCUT2D eigenvalue weighted by atomic mass is 10.00. The van der Waals surface area contributed by atoms with Gasteiger partial charge in [0.25, 0.3) is 0 Å².